The van der Waals surface area contributed by atoms with Gasteiger partial charge in [0.25, 0.3) is 11.6 Å². The highest BCUT2D eigenvalue weighted by Crippen LogP contribution is 2.34. The van der Waals surface area contributed by atoms with E-state index in [1.807, 2.05) is 24.3 Å². The van der Waals surface area contributed by atoms with Crippen LogP contribution in [0, 0.1) is 10.1 Å². The molecule has 2 aliphatic heterocycles. The molecule has 0 saturated carbocycles. The molecule has 0 bridgehead atoms. The zero-order valence-electron chi connectivity index (χ0n) is 21.0. The molecule has 4 rings (SSSR count). The third-order valence-electron chi connectivity index (χ3n) is 6.64. The molecule has 11 heteroatoms. The zero-order chi connectivity index (χ0) is 26.4. The number of nitro groups is 1. The molecule has 0 N–H and O–H groups in total. The topological polar surface area (TPSA) is 118 Å². The summed E-state index contributed by atoms with van der Waals surface area (Å²) < 4.78 is 10.6. The Balaban J connectivity index is 1.54. The second kappa shape index (κ2) is 11.9. The summed E-state index contributed by atoms with van der Waals surface area (Å²) in [7, 11) is 1.59. The van der Waals surface area contributed by atoms with E-state index < -0.39 is 4.92 Å². The first-order valence-corrected chi connectivity index (χ1v) is 12.2. The Bertz CT molecular complexity index is 1150. The average Bonchev–Trinajstić information content (AvgIpc) is 3.37. The van der Waals surface area contributed by atoms with Crippen LogP contribution in [0.15, 0.2) is 53.6 Å². The van der Waals surface area contributed by atoms with Crippen molar-refractivity contribution in [1.29, 1.82) is 0 Å². The first-order chi connectivity index (χ1) is 17.9. The first kappa shape index (κ1) is 26.2. The van der Waals surface area contributed by atoms with Gasteiger partial charge in [0, 0.05) is 51.7 Å². The third kappa shape index (κ3) is 6.49. The lowest BCUT2D eigenvalue weighted by Gasteiger charge is -2.30. The Hall–Kier alpha value is -3.83. The van der Waals surface area contributed by atoms with E-state index in [2.05, 4.69) is 10.0 Å². The van der Waals surface area contributed by atoms with Crippen LogP contribution < -0.4 is 4.74 Å². The minimum absolute atomic E-state index is 0.0145. The average molecular weight is 510 g/mol. The van der Waals surface area contributed by atoms with E-state index in [0.717, 1.165) is 18.7 Å². The number of carbonyl (C=O) groups excluding carboxylic acids is 2. The summed E-state index contributed by atoms with van der Waals surface area (Å²) in [6.45, 7) is 5.39. The molecule has 11 nitrogen and oxygen atoms in total. The minimum Gasteiger partial charge on any atom is -0.497 e. The van der Waals surface area contributed by atoms with Crippen LogP contribution in [0.5, 0.6) is 5.75 Å². The van der Waals surface area contributed by atoms with Crippen LogP contribution in [-0.2, 0) is 14.3 Å². The van der Waals surface area contributed by atoms with Crippen LogP contribution in [-0.4, -0.2) is 90.3 Å². The van der Waals surface area contributed by atoms with E-state index in [4.69, 9.17) is 9.47 Å². The maximum absolute atomic E-state index is 13.5. The molecule has 1 fully saturated rings. The summed E-state index contributed by atoms with van der Waals surface area (Å²) in [5.41, 5.74) is 2.21. The summed E-state index contributed by atoms with van der Waals surface area (Å²) in [6, 6.07) is 13.2. The zero-order valence-corrected chi connectivity index (χ0v) is 21.0. The van der Waals surface area contributed by atoms with Crippen LogP contribution in [0.3, 0.4) is 0 Å². The Morgan fingerprint density at radius 2 is 1.81 bits per heavy atom. The van der Waals surface area contributed by atoms with Crippen molar-refractivity contribution in [2.75, 3.05) is 53.0 Å². The van der Waals surface area contributed by atoms with Gasteiger partial charge in [-0.15, -0.1) is 0 Å². The summed E-state index contributed by atoms with van der Waals surface area (Å²) >= 11 is 0. The van der Waals surface area contributed by atoms with Crippen molar-refractivity contribution in [1.82, 2.24) is 14.8 Å². The van der Waals surface area contributed by atoms with Crippen molar-refractivity contribution >= 4 is 23.2 Å². The second-order valence-electron chi connectivity index (χ2n) is 8.98. The number of nitrogens with zero attached hydrogens (tertiary/aromatic N) is 5. The molecule has 0 spiro atoms. The van der Waals surface area contributed by atoms with Gasteiger partial charge in [-0.2, -0.15) is 5.10 Å². The number of hydrazone groups is 1. The molecule has 1 unspecified atom stereocenters. The number of non-ortho nitro benzene ring substituents is 1. The molecule has 2 aliphatic rings. The number of benzene rings is 2. The predicted molar refractivity (Wildman–Crippen MR) is 136 cm³/mol. The lowest BCUT2D eigenvalue weighted by atomic mass is 9.98. The maximum atomic E-state index is 13.5. The fraction of sp³-hybridized carbons (Fsp3) is 0.423. The molecule has 2 aromatic carbocycles. The molecule has 0 aliphatic carbocycles. The second-order valence-corrected chi connectivity index (χ2v) is 8.98. The van der Waals surface area contributed by atoms with Gasteiger partial charge < -0.3 is 14.4 Å². The van der Waals surface area contributed by atoms with Crippen LogP contribution >= 0.6 is 0 Å². The Labute approximate surface area is 215 Å². The molecule has 2 amide bonds. The quantitative estimate of drug-likeness (QED) is 0.376. The fourth-order valence-corrected chi connectivity index (χ4v) is 4.45. The smallest absolute Gasteiger partial charge is 0.269 e. The molecule has 1 atom stereocenters. The molecule has 37 heavy (non-hydrogen) atoms. The van der Waals surface area contributed by atoms with E-state index in [-0.39, 0.29) is 30.1 Å². The number of ether oxygens (including phenoxy) is 2. The Kier molecular flexibility index (Phi) is 8.47. The van der Waals surface area contributed by atoms with Gasteiger partial charge >= 0.3 is 0 Å². The molecular formula is C26H31N5O6. The summed E-state index contributed by atoms with van der Waals surface area (Å²) in [5, 5.41) is 17.1. The van der Waals surface area contributed by atoms with E-state index >= 15 is 0 Å². The highest BCUT2D eigenvalue weighted by Gasteiger charge is 2.34. The van der Waals surface area contributed by atoms with Crippen LogP contribution in [0.25, 0.3) is 0 Å². The first-order valence-electron chi connectivity index (χ1n) is 12.2. The van der Waals surface area contributed by atoms with Gasteiger partial charge in [-0.3, -0.25) is 24.6 Å². The number of methoxy groups -OCH3 is 1. The fourth-order valence-electron chi connectivity index (χ4n) is 4.45. The lowest BCUT2D eigenvalue weighted by molar-refractivity contribution is -0.384. The van der Waals surface area contributed by atoms with Gasteiger partial charge in [0.2, 0.25) is 5.91 Å². The number of morpholine rings is 1. The van der Waals surface area contributed by atoms with Crippen molar-refractivity contribution in [2.24, 2.45) is 5.10 Å². The van der Waals surface area contributed by atoms with Crippen LogP contribution in [0.4, 0.5) is 5.69 Å². The minimum atomic E-state index is -0.455. The Morgan fingerprint density at radius 3 is 2.41 bits per heavy atom. The standard InChI is InChI=1S/C26H31N5O6/c1-19(32)29(12-11-28-13-15-37-16-14-28)18-26(33)30-25(21-5-9-23(36-2)10-6-21)17-24(27-30)20-3-7-22(8-4-20)31(34)35/h3-10,25H,11-18H2,1-2H3. The summed E-state index contributed by atoms with van der Waals surface area (Å²) in [6.07, 6.45) is 0.434. The summed E-state index contributed by atoms with van der Waals surface area (Å²) in [4.78, 5) is 40.2. The SMILES string of the molecule is COc1ccc(C2CC(c3ccc([N+](=O)[O-])cc3)=NN2C(=O)CN(CCN2CCOCC2)C(C)=O)cc1. The van der Waals surface area contributed by atoms with Crippen molar-refractivity contribution in [3.8, 4) is 5.75 Å². The molecule has 2 aromatic rings. The number of hydrogen-bond acceptors (Lipinski definition) is 8. The molecule has 196 valence electrons. The highest BCUT2D eigenvalue weighted by atomic mass is 16.6. The Morgan fingerprint density at radius 1 is 1.14 bits per heavy atom. The predicted octanol–water partition coefficient (Wildman–Crippen LogP) is 2.46. The van der Waals surface area contributed by atoms with Crippen molar-refractivity contribution in [3.63, 3.8) is 0 Å². The monoisotopic (exact) mass is 509 g/mol. The van der Waals surface area contributed by atoms with E-state index in [9.17, 15) is 19.7 Å². The normalized spacial score (nSPS) is 17.8. The number of hydrogen-bond donors (Lipinski definition) is 0. The van der Waals surface area contributed by atoms with Crippen molar-refractivity contribution in [3.05, 3.63) is 69.8 Å². The third-order valence-corrected chi connectivity index (χ3v) is 6.64. The molecular weight excluding hydrogens is 478 g/mol. The van der Waals surface area contributed by atoms with Gasteiger partial charge in [-0.05, 0) is 35.4 Å². The van der Waals surface area contributed by atoms with E-state index in [1.54, 1.807) is 24.1 Å². The molecule has 0 radical (unpaired) electrons. The maximum Gasteiger partial charge on any atom is 0.269 e. The molecule has 2 heterocycles. The number of amides is 2. The number of rotatable bonds is 9. The lowest BCUT2D eigenvalue weighted by Crippen LogP contribution is -2.45. The van der Waals surface area contributed by atoms with Gasteiger partial charge in [0.1, 0.15) is 12.3 Å². The van der Waals surface area contributed by atoms with Crippen LogP contribution in [0.1, 0.15) is 30.5 Å². The van der Waals surface area contributed by atoms with Crippen molar-refractivity contribution in [2.45, 2.75) is 19.4 Å². The van der Waals surface area contributed by atoms with Crippen molar-refractivity contribution < 1.29 is 24.0 Å². The number of carbonyl (C=O) groups is 2. The van der Waals surface area contributed by atoms with Gasteiger partial charge in [-0.25, -0.2) is 5.01 Å². The number of nitro benzene ring substituents is 1. The van der Waals surface area contributed by atoms with Crippen LogP contribution in [0.2, 0.25) is 0 Å². The molecule has 1 saturated heterocycles. The van der Waals surface area contributed by atoms with Gasteiger partial charge in [0.15, 0.2) is 0 Å². The van der Waals surface area contributed by atoms with E-state index in [1.165, 1.54) is 24.1 Å². The highest BCUT2D eigenvalue weighted by molar-refractivity contribution is 6.03. The summed E-state index contributed by atoms with van der Waals surface area (Å²) in [5.74, 6) is 0.221. The van der Waals surface area contributed by atoms with Gasteiger partial charge in [-0.1, -0.05) is 12.1 Å². The van der Waals surface area contributed by atoms with E-state index in [0.29, 0.717) is 49.7 Å². The van der Waals surface area contributed by atoms with Gasteiger partial charge in [0.05, 0.1) is 37.0 Å². The largest absolute Gasteiger partial charge is 0.497 e. The molecule has 0 aromatic heterocycles.